The highest BCUT2D eigenvalue weighted by Crippen LogP contribution is 2.33. The first-order valence-electron chi connectivity index (χ1n) is 8.18. The van der Waals surface area contributed by atoms with Crippen LogP contribution < -0.4 is 9.47 Å². The zero-order valence-electron chi connectivity index (χ0n) is 14.5. The maximum absolute atomic E-state index is 11.8. The van der Waals surface area contributed by atoms with Crippen molar-refractivity contribution in [3.8, 4) is 11.5 Å². The van der Waals surface area contributed by atoms with Gasteiger partial charge in [-0.3, -0.25) is 9.89 Å². The Hall–Kier alpha value is -2.73. The number of methoxy groups -OCH3 is 1. The van der Waals surface area contributed by atoms with Crippen LogP contribution in [0.4, 0.5) is 4.79 Å². The van der Waals surface area contributed by atoms with Crippen molar-refractivity contribution in [3.05, 3.63) is 58.6 Å². The van der Waals surface area contributed by atoms with Crippen molar-refractivity contribution in [1.82, 2.24) is 4.90 Å². The molecule has 3 rings (SSSR count). The Morgan fingerprint density at radius 3 is 2.65 bits per heavy atom. The number of hydrogen-bond acceptors (Lipinski definition) is 4. The predicted molar refractivity (Wildman–Crippen MR) is 99.6 cm³/mol. The summed E-state index contributed by atoms with van der Waals surface area (Å²) in [6.07, 6.45) is -1.06. The molecule has 0 radical (unpaired) electrons. The highest BCUT2D eigenvalue weighted by atomic mass is 35.5. The van der Waals surface area contributed by atoms with E-state index in [0.717, 1.165) is 5.56 Å². The highest BCUT2D eigenvalue weighted by molar-refractivity contribution is 6.30. The topological polar surface area (TPSA) is 71.4 Å². The number of benzene rings is 2. The van der Waals surface area contributed by atoms with Crippen molar-refractivity contribution in [2.75, 3.05) is 20.3 Å². The maximum atomic E-state index is 11.8. The smallest absolute Gasteiger partial charge is 0.413 e. The molecule has 1 heterocycles. The minimum Gasteiger partial charge on any atom is -0.497 e. The quantitative estimate of drug-likeness (QED) is 0.850. The van der Waals surface area contributed by atoms with Crippen molar-refractivity contribution in [2.24, 2.45) is 4.99 Å². The van der Waals surface area contributed by atoms with Crippen LogP contribution in [0.1, 0.15) is 24.1 Å². The molecule has 1 aliphatic rings. The van der Waals surface area contributed by atoms with Gasteiger partial charge in [0.1, 0.15) is 17.3 Å². The average molecular weight is 375 g/mol. The third-order valence-electron chi connectivity index (χ3n) is 4.10. The van der Waals surface area contributed by atoms with Crippen LogP contribution in [-0.4, -0.2) is 42.2 Å². The highest BCUT2D eigenvalue weighted by Gasteiger charge is 2.33. The number of ether oxygens (including phenoxy) is 2. The second-order valence-corrected chi connectivity index (χ2v) is 6.14. The SMILES string of the molecule is CCOc1cc(OC)ccc1C1=NC(c2ccc(Cl)cc2)CN1C(=O)O. The minimum atomic E-state index is -1.06. The number of aliphatic imine (C=N–C) groups is 1. The maximum Gasteiger partial charge on any atom is 0.413 e. The van der Waals surface area contributed by atoms with E-state index in [9.17, 15) is 9.90 Å². The normalized spacial score (nSPS) is 16.3. The zero-order chi connectivity index (χ0) is 18.7. The van der Waals surface area contributed by atoms with Crippen LogP contribution in [0.2, 0.25) is 5.02 Å². The zero-order valence-corrected chi connectivity index (χ0v) is 15.2. The number of halogens is 1. The van der Waals surface area contributed by atoms with Gasteiger partial charge in [-0.05, 0) is 36.8 Å². The molecule has 0 aromatic heterocycles. The van der Waals surface area contributed by atoms with Crippen LogP contribution in [0.3, 0.4) is 0 Å². The molecule has 1 amide bonds. The summed E-state index contributed by atoms with van der Waals surface area (Å²) in [6, 6.07) is 12.2. The summed E-state index contributed by atoms with van der Waals surface area (Å²) in [7, 11) is 1.57. The Morgan fingerprint density at radius 1 is 1.31 bits per heavy atom. The molecule has 0 saturated carbocycles. The van der Waals surface area contributed by atoms with Gasteiger partial charge in [-0.15, -0.1) is 0 Å². The standard InChI is InChI=1S/C19H19ClN2O4/c1-3-26-17-10-14(25-2)8-9-15(17)18-21-16(11-22(18)19(23)24)12-4-6-13(20)7-5-12/h4-10,16H,3,11H2,1-2H3,(H,23,24). The Labute approximate surface area is 156 Å². The van der Waals surface area contributed by atoms with Gasteiger partial charge in [0, 0.05) is 11.1 Å². The molecule has 0 saturated heterocycles. The van der Waals surface area contributed by atoms with Gasteiger partial charge in [-0.1, -0.05) is 23.7 Å². The third kappa shape index (κ3) is 3.60. The molecular weight excluding hydrogens is 356 g/mol. The van der Waals surface area contributed by atoms with E-state index < -0.39 is 6.09 Å². The molecule has 0 aliphatic carbocycles. The van der Waals surface area contributed by atoms with E-state index in [1.165, 1.54) is 4.90 Å². The molecule has 136 valence electrons. The fourth-order valence-corrected chi connectivity index (χ4v) is 2.98. The molecule has 1 atom stereocenters. The van der Waals surface area contributed by atoms with Gasteiger partial charge in [0.05, 0.1) is 31.9 Å². The van der Waals surface area contributed by atoms with Gasteiger partial charge in [0.2, 0.25) is 0 Å². The number of amides is 1. The van der Waals surface area contributed by atoms with Gasteiger partial charge in [0.25, 0.3) is 0 Å². The average Bonchev–Trinajstić information content (AvgIpc) is 3.08. The van der Waals surface area contributed by atoms with Crippen molar-refractivity contribution >= 4 is 23.5 Å². The molecule has 6 nitrogen and oxygen atoms in total. The summed E-state index contributed by atoms with van der Waals surface area (Å²) in [5.41, 5.74) is 1.52. The molecule has 1 N–H and O–H groups in total. The lowest BCUT2D eigenvalue weighted by Gasteiger charge is -2.18. The predicted octanol–water partition coefficient (Wildman–Crippen LogP) is 4.23. The molecular formula is C19H19ClN2O4. The van der Waals surface area contributed by atoms with Crippen molar-refractivity contribution in [1.29, 1.82) is 0 Å². The summed E-state index contributed by atoms with van der Waals surface area (Å²) in [5, 5.41) is 10.3. The summed E-state index contributed by atoms with van der Waals surface area (Å²) in [5.74, 6) is 1.53. The Bertz CT molecular complexity index is 836. The van der Waals surface area contributed by atoms with E-state index in [2.05, 4.69) is 4.99 Å². The lowest BCUT2D eigenvalue weighted by molar-refractivity contribution is 0.170. The van der Waals surface area contributed by atoms with E-state index >= 15 is 0 Å². The van der Waals surface area contributed by atoms with E-state index in [-0.39, 0.29) is 12.6 Å². The molecule has 26 heavy (non-hydrogen) atoms. The molecule has 1 aliphatic heterocycles. The Morgan fingerprint density at radius 2 is 2.04 bits per heavy atom. The number of carbonyl (C=O) groups is 1. The molecule has 1 unspecified atom stereocenters. The second kappa shape index (κ2) is 7.66. The van der Waals surface area contributed by atoms with Gasteiger partial charge in [-0.25, -0.2) is 4.79 Å². The first-order chi connectivity index (χ1) is 12.5. The van der Waals surface area contributed by atoms with Crippen LogP contribution in [0.15, 0.2) is 47.5 Å². The second-order valence-electron chi connectivity index (χ2n) is 5.71. The van der Waals surface area contributed by atoms with Gasteiger partial charge in [0.15, 0.2) is 0 Å². The van der Waals surface area contributed by atoms with Crippen LogP contribution in [0.25, 0.3) is 0 Å². The van der Waals surface area contributed by atoms with E-state index in [0.29, 0.717) is 34.5 Å². The Kier molecular flexibility index (Phi) is 5.32. The fraction of sp³-hybridized carbons (Fsp3) is 0.263. The molecule has 0 bridgehead atoms. The van der Waals surface area contributed by atoms with Gasteiger partial charge < -0.3 is 14.6 Å². The fourth-order valence-electron chi connectivity index (χ4n) is 2.86. The summed E-state index contributed by atoms with van der Waals surface area (Å²) in [4.78, 5) is 17.7. The van der Waals surface area contributed by atoms with Crippen LogP contribution >= 0.6 is 11.6 Å². The van der Waals surface area contributed by atoms with Crippen LogP contribution in [0, 0.1) is 0 Å². The number of amidine groups is 1. The molecule has 7 heteroatoms. The first-order valence-corrected chi connectivity index (χ1v) is 8.56. The first kappa shape index (κ1) is 18.1. The van der Waals surface area contributed by atoms with Crippen LogP contribution in [-0.2, 0) is 0 Å². The Balaban J connectivity index is 2.03. The van der Waals surface area contributed by atoms with Gasteiger partial charge >= 0.3 is 6.09 Å². The summed E-state index contributed by atoms with van der Waals surface area (Å²) < 4.78 is 10.9. The number of carboxylic acid groups (broad SMARTS) is 1. The largest absolute Gasteiger partial charge is 0.497 e. The van der Waals surface area contributed by atoms with E-state index in [1.807, 2.05) is 19.1 Å². The minimum absolute atomic E-state index is 0.240. The van der Waals surface area contributed by atoms with Crippen LogP contribution in [0.5, 0.6) is 11.5 Å². The van der Waals surface area contributed by atoms with E-state index in [1.54, 1.807) is 37.4 Å². The number of nitrogens with zero attached hydrogens (tertiary/aromatic N) is 2. The summed E-state index contributed by atoms with van der Waals surface area (Å²) in [6.45, 7) is 2.55. The lowest BCUT2D eigenvalue weighted by Crippen LogP contribution is -2.34. The number of hydrogen-bond donors (Lipinski definition) is 1. The molecule has 2 aromatic carbocycles. The summed E-state index contributed by atoms with van der Waals surface area (Å²) >= 11 is 5.94. The van der Waals surface area contributed by atoms with Crippen molar-refractivity contribution < 1.29 is 19.4 Å². The number of rotatable bonds is 5. The molecule has 0 fully saturated rings. The van der Waals surface area contributed by atoms with E-state index in [4.69, 9.17) is 21.1 Å². The lowest BCUT2D eigenvalue weighted by atomic mass is 10.1. The monoisotopic (exact) mass is 374 g/mol. The molecule has 0 spiro atoms. The van der Waals surface area contributed by atoms with Crippen molar-refractivity contribution in [3.63, 3.8) is 0 Å². The third-order valence-corrected chi connectivity index (χ3v) is 4.36. The van der Waals surface area contributed by atoms with Crippen molar-refractivity contribution in [2.45, 2.75) is 13.0 Å². The van der Waals surface area contributed by atoms with Gasteiger partial charge in [-0.2, -0.15) is 0 Å². The molecule has 2 aromatic rings.